The standard InChI is InChI=1S/C18H20BrN5O/c1-22-6-7-24(11-18(22)25)17-9-16(20-12-21-17)23-5-4-13-8-15(19)3-2-14(13)10-23/h2-3,8-9,12H,4-7,10-11H2,1H3. The SMILES string of the molecule is CN1CCN(c2cc(N3CCc4cc(Br)ccc4C3)ncn2)CC1=O. The summed E-state index contributed by atoms with van der Waals surface area (Å²) in [5, 5.41) is 0. The average molecular weight is 402 g/mol. The van der Waals surface area contributed by atoms with Gasteiger partial charge in [-0.05, 0) is 29.7 Å². The number of hydrogen-bond acceptors (Lipinski definition) is 5. The van der Waals surface area contributed by atoms with Crippen LogP contribution in [0.5, 0.6) is 0 Å². The minimum atomic E-state index is 0.129. The lowest BCUT2D eigenvalue weighted by atomic mass is 10.00. The number of benzene rings is 1. The molecule has 0 radical (unpaired) electrons. The Balaban J connectivity index is 1.54. The van der Waals surface area contributed by atoms with Gasteiger partial charge in [-0.25, -0.2) is 9.97 Å². The molecule has 0 atom stereocenters. The van der Waals surface area contributed by atoms with Gasteiger partial charge in [0, 0.05) is 43.8 Å². The molecule has 6 nitrogen and oxygen atoms in total. The van der Waals surface area contributed by atoms with Gasteiger partial charge in [0.1, 0.15) is 18.0 Å². The molecule has 25 heavy (non-hydrogen) atoms. The molecular weight excluding hydrogens is 382 g/mol. The zero-order valence-corrected chi connectivity index (χ0v) is 15.7. The molecule has 0 N–H and O–H groups in total. The Morgan fingerprint density at radius 2 is 1.72 bits per heavy atom. The molecule has 0 saturated carbocycles. The monoisotopic (exact) mass is 401 g/mol. The van der Waals surface area contributed by atoms with Gasteiger partial charge in [-0.2, -0.15) is 0 Å². The third-order valence-electron chi connectivity index (χ3n) is 4.92. The van der Waals surface area contributed by atoms with Crippen LogP contribution < -0.4 is 9.80 Å². The summed E-state index contributed by atoms with van der Waals surface area (Å²) in [6.45, 7) is 3.69. The van der Waals surface area contributed by atoms with Gasteiger partial charge in [-0.1, -0.05) is 22.0 Å². The van der Waals surface area contributed by atoms with Crippen molar-refractivity contribution in [1.82, 2.24) is 14.9 Å². The average Bonchev–Trinajstić information content (AvgIpc) is 2.63. The van der Waals surface area contributed by atoms with E-state index in [2.05, 4.69) is 49.0 Å². The Bertz CT molecular complexity index is 812. The van der Waals surface area contributed by atoms with Crippen LogP contribution in [0, 0.1) is 0 Å². The quantitative estimate of drug-likeness (QED) is 0.770. The zero-order chi connectivity index (χ0) is 17.4. The first-order valence-corrected chi connectivity index (χ1v) is 9.22. The fourth-order valence-electron chi connectivity index (χ4n) is 3.35. The Kier molecular flexibility index (Phi) is 4.33. The number of hydrogen-bond donors (Lipinski definition) is 0. The van der Waals surface area contributed by atoms with E-state index < -0.39 is 0 Å². The lowest BCUT2D eigenvalue weighted by molar-refractivity contribution is -0.129. The van der Waals surface area contributed by atoms with E-state index >= 15 is 0 Å². The van der Waals surface area contributed by atoms with Gasteiger partial charge in [-0.3, -0.25) is 4.79 Å². The fourth-order valence-corrected chi connectivity index (χ4v) is 3.76. The highest BCUT2D eigenvalue weighted by Gasteiger charge is 2.23. The lowest BCUT2D eigenvalue weighted by Gasteiger charge is -2.34. The normalized spacial score (nSPS) is 17.7. The van der Waals surface area contributed by atoms with E-state index in [9.17, 15) is 4.79 Å². The van der Waals surface area contributed by atoms with Crippen LogP contribution in [0.15, 0.2) is 35.1 Å². The smallest absolute Gasteiger partial charge is 0.241 e. The van der Waals surface area contributed by atoms with Crippen LogP contribution in [0.4, 0.5) is 11.6 Å². The van der Waals surface area contributed by atoms with Gasteiger partial charge in [0.2, 0.25) is 5.91 Å². The maximum atomic E-state index is 12.0. The van der Waals surface area contributed by atoms with Crippen molar-refractivity contribution < 1.29 is 4.79 Å². The molecule has 0 spiro atoms. The summed E-state index contributed by atoms with van der Waals surface area (Å²) in [5.41, 5.74) is 2.73. The molecule has 1 amide bonds. The van der Waals surface area contributed by atoms with Gasteiger partial charge in [0.05, 0.1) is 6.54 Å². The van der Waals surface area contributed by atoms with Crippen LogP contribution in [-0.2, 0) is 17.8 Å². The molecular formula is C18H20BrN5O. The maximum Gasteiger partial charge on any atom is 0.241 e. The number of carbonyl (C=O) groups is 1. The molecule has 2 aliphatic rings. The number of fused-ring (bicyclic) bond motifs is 1. The van der Waals surface area contributed by atoms with Crippen molar-refractivity contribution in [2.24, 2.45) is 0 Å². The number of piperazine rings is 1. The minimum absolute atomic E-state index is 0.129. The predicted octanol–water partition coefficient (Wildman–Crippen LogP) is 2.08. The van der Waals surface area contributed by atoms with E-state index in [0.29, 0.717) is 6.54 Å². The van der Waals surface area contributed by atoms with Gasteiger partial charge >= 0.3 is 0 Å². The highest BCUT2D eigenvalue weighted by Crippen LogP contribution is 2.27. The van der Waals surface area contributed by atoms with Crippen LogP contribution >= 0.6 is 15.9 Å². The Hall–Kier alpha value is -2.15. The third kappa shape index (κ3) is 3.33. The predicted molar refractivity (Wildman–Crippen MR) is 101 cm³/mol. The van der Waals surface area contributed by atoms with Crippen LogP contribution in [-0.4, -0.2) is 54.0 Å². The number of anilines is 2. The summed E-state index contributed by atoms with van der Waals surface area (Å²) in [5.74, 6) is 1.88. The highest BCUT2D eigenvalue weighted by molar-refractivity contribution is 9.10. The van der Waals surface area contributed by atoms with Crippen molar-refractivity contribution in [2.45, 2.75) is 13.0 Å². The number of carbonyl (C=O) groups excluding carboxylic acids is 1. The van der Waals surface area contributed by atoms with E-state index in [4.69, 9.17) is 0 Å². The molecule has 2 aliphatic heterocycles. The van der Waals surface area contributed by atoms with Crippen molar-refractivity contribution in [3.05, 3.63) is 46.2 Å². The summed E-state index contributed by atoms with van der Waals surface area (Å²) in [6, 6.07) is 8.47. The fraction of sp³-hybridized carbons (Fsp3) is 0.389. The molecule has 0 aliphatic carbocycles. The van der Waals surface area contributed by atoms with Crippen LogP contribution in [0.2, 0.25) is 0 Å². The first-order valence-electron chi connectivity index (χ1n) is 8.43. The van der Waals surface area contributed by atoms with Crippen LogP contribution in [0.3, 0.4) is 0 Å². The highest BCUT2D eigenvalue weighted by atomic mass is 79.9. The Morgan fingerprint density at radius 1 is 0.960 bits per heavy atom. The van der Waals surface area contributed by atoms with E-state index in [1.54, 1.807) is 11.2 Å². The molecule has 130 valence electrons. The van der Waals surface area contributed by atoms with Crippen molar-refractivity contribution >= 4 is 33.5 Å². The van der Waals surface area contributed by atoms with Crippen molar-refractivity contribution in [2.75, 3.05) is 43.0 Å². The lowest BCUT2D eigenvalue weighted by Crippen LogP contribution is -2.48. The summed E-state index contributed by atoms with van der Waals surface area (Å²) in [4.78, 5) is 26.9. The van der Waals surface area contributed by atoms with Crippen molar-refractivity contribution in [3.8, 4) is 0 Å². The van der Waals surface area contributed by atoms with E-state index in [-0.39, 0.29) is 5.91 Å². The number of likely N-dealkylation sites (N-methyl/N-ethyl adjacent to an activating group) is 1. The van der Waals surface area contributed by atoms with Crippen LogP contribution in [0.1, 0.15) is 11.1 Å². The maximum absolute atomic E-state index is 12.0. The minimum Gasteiger partial charge on any atom is -0.352 e. The molecule has 4 rings (SSSR count). The molecule has 1 fully saturated rings. The van der Waals surface area contributed by atoms with E-state index in [1.807, 2.05) is 18.0 Å². The Morgan fingerprint density at radius 3 is 2.48 bits per heavy atom. The molecule has 7 heteroatoms. The summed E-state index contributed by atoms with van der Waals surface area (Å²) < 4.78 is 1.13. The largest absolute Gasteiger partial charge is 0.352 e. The molecule has 2 aromatic rings. The summed E-state index contributed by atoms with van der Waals surface area (Å²) >= 11 is 3.54. The zero-order valence-electron chi connectivity index (χ0n) is 14.2. The number of nitrogens with zero attached hydrogens (tertiary/aromatic N) is 5. The second-order valence-electron chi connectivity index (χ2n) is 6.56. The Labute approximate surface area is 155 Å². The van der Waals surface area contributed by atoms with Crippen LogP contribution in [0.25, 0.3) is 0 Å². The number of halogens is 1. The molecule has 3 heterocycles. The summed E-state index contributed by atoms with van der Waals surface area (Å²) in [6.07, 6.45) is 2.60. The number of aromatic nitrogens is 2. The molecule has 0 unspecified atom stereocenters. The first kappa shape index (κ1) is 16.3. The first-order chi connectivity index (χ1) is 12.1. The summed E-state index contributed by atoms with van der Waals surface area (Å²) in [7, 11) is 1.84. The molecule has 0 bridgehead atoms. The van der Waals surface area contributed by atoms with Crippen molar-refractivity contribution in [3.63, 3.8) is 0 Å². The van der Waals surface area contributed by atoms with Gasteiger partial charge in [0.15, 0.2) is 0 Å². The van der Waals surface area contributed by atoms with Gasteiger partial charge in [0.25, 0.3) is 0 Å². The van der Waals surface area contributed by atoms with Gasteiger partial charge in [-0.15, -0.1) is 0 Å². The molecule has 1 aromatic carbocycles. The number of amides is 1. The second kappa shape index (κ2) is 6.63. The molecule has 1 saturated heterocycles. The molecule has 1 aromatic heterocycles. The van der Waals surface area contributed by atoms with Gasteiger partial charge < -0.3 is 14.7 Å². The van der Waals surface area contributed by atoms with E-state index in [1.165, 1.54) is 11.1 Å². The third-order valence-corrected chi connectivity index (χ3v) is 5.42. The van der Waals surface area contributed by atoms with E-state index in [0.717, 1.165) is 48.7 Å². The topological polar surface area (TPSA) is 52.6 Å². The second-order valence-corrected chi connectivity index (χ2v) is 7.47. The van der Waals surface area contributed by atoms with Crippen molar-refractivity contribution in [1.29, 1.82) is 0 Å². The number of rotatable bonds is 2.